The number of aromatic nitrogens is 1. The summed E-state index contributed by atoms with van der Waals surface area (Å²) < 4.78 is 0. The molecule has 1 aromatic heterocycles. The highest BCUT2D eigenvalue weighted by Crippen LogP contribution is 2.20. The molecule has 3 heteroatoms. The lowest BCUT2D eigenvalue weighted by atomic mass is 10.1. The van der Waals surface area contributed by atoms with Gasteiger partial charge in [0.05, 0.1) is 17.1 Å². The monoisotopic (exact) mass is 259 g/mol. The van der Waals surface area contributed by atoms with E-state index in [2.05, 4.69) is 28.5 Å². The SMILES string of the molecule is N#Cc1cc(NCc2ccccc2)nc2ccccc12. The summed E-state index contributed by atoms with van der Waals surface area (Å²) >= 11 is 0. The van der Waals surface area contributed by atoms with E-state index in [1.54, 1.807) is 6.07 Å². The maximum absolute atomic E-state index is 9.24. The van der Waals surface area contributed by atoms with Gasteiger partial charge in [0.2, 0.25) is 0 Å². The number of fused-ring (bicyclic) bond motifs is 1. The highest BCUT2D eigenvalue weighted by atomic mass is 15.0. The molecule has 0 spiro atoms. The fourth-order valence-corrected chi connectivity index (χ4v) is 2.15. The minimum Gasteiger partial charge on any atom is -0.366 e. The van der Waals surface area contributed by atoms with Crippen molar-refractivity contribution in [3.63, 3.8) is 0 Å². The fourth-order valence-electron chi connectivity index (χ4n) is 2.15. The Bertz CT molecular complexity index is 773. The molecule has 3 nitrogen and oxygen atoms in total. The fraction of sp³-hybridized carbons (Fsp3) is 0.0588. The van der Waals surface area contributed by atoms with Crippen LogP contribution in [0.25, 0.3) is 10.9 Å². The van der Waals surface area contributed by atoms with E-state index in [0.717, 1.165) is 16.7 Å². The summed E-state index contributed by atoms with van der Waals surface area (Å²) in [5.74, 6) is 0.726. The van der Waals surface area contributed by atoms with Gasteiger partial charge in [0.1, 0.15) is 5.82 Å². The van der Waals surface area contributed by atoms with E-state index in [9.17, 15) is 5.26 Å². The Kier molecular flexibility index (Phi) is 3.30. The molecule has 0 saturated heterocycles. The van der Waals surface area contributed by atoms with Gasteiger partial charge in [0, 0.05) is 11.9 Å². The lowest BCUT2D eigenvalue weighted by molar-refractivity contribution is 1.12. The molecule has 0 aliphatic carbocycles. The Morgan fingerprint density at radius 2 is 1.75 bits per heavy atom. The third kappa shape index (κ3) is 2.45. The molecular formula is C17H13N3. The van der Waals surface area contributed by atoms with Crippen LogP contribution in [0.2, 0.25) is 0 Å². The number of anilines is 1. The number of benzene rings is 2. The second-order valence-electron chi connectivity index (χ2n) is 4.52. The highest BCUT2D eigenvalue weighted by Gasteiger charge is 2.04. The lowest BCUT2D eigenvalue weighted by Crippen LogP contribution is -2.02. The number of para-hydroxylation sites is 1. The maximum Gasteiger partial charge on any atom is 0.128 e. The average Bonchev–Trinajstić information content (AvgIpc) is 2.53. The van der Waals surface area contributed by atoms with Crippen molar-refractivity contribution >= 4 is 16.7 Å². The molecule has 0 amide bonds. The van der Waals surface area contributed by atoms with Crippen LogP contribution in [-0.2, 0) is 6.54 Å². The first-order chi connectivity index (χ1) is 9.86. The second kappa shape index (κ2) is 5.41. The van der Waals surface area contributed by atoms with Crippen molar-refractivity contribution in [1.29, 1.82) is 5.26 Å². The van der Waals surface area contributed by atoms with Crippen LogP contribution in [0.15, 0.2) is 60.7 Å². The van der Waals surface area contributed by atoms with Gasteiger partial charge in [-0.25, -0.2) is 4.98 Å². The molecule has 3 aromatic rings. The van der Waals surface area contributed by atoms with Crippen LogP contribution in [-0.4, -0.2) is 4.98 Å². The predicted octanol–water partition coefficient (Wildman–Crippen LogP) is 3.72. The summed E-state index contributed by atoms with van der Waals surface area (Å²) in [6.45, 7) is 0.692. The minimum atomic E-state index is 0.645. The molecular weight excluding hydrogens is 246 g/mol. The first-order valence-electron chi connectivity index (χ1n) is 6.44. The first kappa shape index (κ1) is 12.2. The van der Waals surface area contributed by atoms with Crippen LogP contribution >= 0.6 is 0 Å². The van der Waals surface area contributed by atoms with E-state index >= 15 is 0 Å². The molecule has 0 aliphatic rings. The number of nitrogens with zero attached hydrogens (tertiary/aromatic N) is 2. The molecule has 1 N–H and O–H groups in total. The molecule has 0 unspecified atom stereocenters. The molecule has 0 saturated carbocycles. The van der Waals surface area contributed by atoms with Crippen LogP contribution in [0.4, 0.5) is 5.82 Å². The van der Waals surface area contributed by atoms with Crippen molar-refractivity contribution in [1.82, 2.24) is 4.98 Å². The molecule has 0 fully saturated rings. The van der Waals surface area contributed by atoms with Crippen LogP contribution in [0.5, 0.6) is 0 Å². The van der Waals surface area contributed by atoms with Gasteiger partial charge in [0.25, 0.3) is 0 Å². The van der Waals surface area contributed by atoms with Crippen molar-refractivity contribution < 1.29 is 0 Å². The standard InChI is InChI=1S/C17H13N3/c18-11-14-10-17(19-12-13-6-2-1-3-7-13)20-16-9-5-4-8-15(14)16/h1-10H,12H2,(H,19,20). The predicted molar refractivity (Wildman–Crippen MR) is 80.2 cm³/mol. The Hall–Kier alpha value is -2.86. The van der Waals surface area contributed by atoms with E-state index in [1.165, 1.54) is 5.56 Å². The minimum absolute atomic E-state index is 0.645. The number of hydrogen-bond donors (Lipinski definition) is 1. The van der Waals surface area contributed by atoms with E-state index in [-0.39, 0.29) is 0 Å². The van der Waals surface area contributed by atoms with Gasteiger partial charge in [-0.3, -0.25) is 0 Å². The van der Waals surface area contributed by atoms with Gasteiger partial charge in [0.15, 0.2) is 0 Å². The van der Waals surface area contributed by atoms with E-state index < -0.39 is 0 Å². The number of hydrogen-bond acceptors (Lipinski definition) is 3. The zero-order valence-electron chi connectivity index (χ0n) is 10.9. The van der Waals surface area contributed by atoms with Gasteiger partial charge in [-0.2, -0.15) is 5.26 Å². The zero-order valence-corrected chi connectivity index (χ0v) is 10.9. The summed E-state index contributed by atoms with van der Waals surface area (Å²) in [5, 5.41) is 13.4. The van der Waals surface area contributed by atoms with Gasteiger partial charge in [-0.15, -0.1) is 0 Å². The zero-order chi connectivity index (χ0) is 13.8. The van der Waals surface area contributed by atoms with Crippen LogP contribution in [0, 0.1) is 11.3 Å². The molecule has 96 valence electrons. The topological polar surface area (TPSA) is 48.7 Å². The quantitative estimate of drug-likeness (QED) is 0.779. The number of rotatable bonds is 3. The smallest absolute Gasteiger partial charge is 0.128 e. The third-order valence-electron chi connectivity index (χ3n) is 3.15. The Morgan fingerprint density at radius 1 is 1.00 bits per heavy atom. The van der Waals surface area contributed by atoms with Crippen molar-refractivity contribution in [2.24, 2.45) is 0 Å². The van der Waals surface area contributed by atoms with Crippen LogP contribution in [0.3, 0.4) is 0 Å². The largest absolute Gasteiger partial charge is 0.366 e. The lowest BCUT2D eigenvalue weighted by Gasteiger charge is -2.08. The molecule has 2 aromatic carbocycles. The Labute approximate surface area is 117 Å². The van der Waals surface area contributed by atoms with Crippen molar-refractivity contribution in [2.45, 2.75) is 6.54 Å². The summed E-state index contributed by atoms with van der Waals surface area (Å²) in [4.78, 5) is 4.54. The average molecular weight is 259 g/mol. The maximum atomic E-state index is 9.24. The van der Waals surface area contributed by atoms with Gasteiger partial charge >= 0.3 is 0 Å². The Balaban J connectivity index is 1.91. The van der Waals surface area contributed by atoms with E-state index in [4.69, 9.17) is 0 Å². The number of pyridine rings is 1. The molecule has 0 atom stereocenters. The molecule has 1 heterocycles. The Morgan fingerprint density at radius 3 is 2.55 bits per heavy atom. The van der Waals surface area contributed by atoms with Crippen LogP contribution < -0.4 is 5.32 Å². The summed E-state index contributed by atoms with van der Waals surface area (Å²) in [7, 11) is 0. The van der Waals surface area contributed by atoms with Crippen molar-refractivity contribution in [2.75, 3.05) is 5.32 Å². The van der Waals surface area contributed by atoms with Gasteiger partial charge in [-0.05, 0) is 17.7 Å². The van der Waals surface area contributed by atoms with Crippen molar-refractivity contribution in [3.8, 4) is 6.07 Å². The summed E-state index contributed by atoms with van der Waals surface area (Å²) in [6, 6.07) is 21.8. The van der Waals surface area contributed by atoms with Crippen LogP contribution in [0.1, 0.15) is 11.1 Å². The third-order valence-corrected chi connectivity index (χ3v) is 3.15. The summed E-state index contributed by atoms with van der Waals surface area (Å²) in [5.41, 5.74) is 2.66. The molecule has 20 heavy (non-hydrogen) atoms. The van der Waals surface area contributed by atoms with E-state index in [0.29, 0.717) is 12.1 Å². The molecule has 3 rings (SSSR count). The normalized spacial score (nSPS) is 10.2. The molecule has 0 aliphatic heterocycles. The first-order valence-corrected chi connectivity index (χ1v) is 6.44. The van der Waals surface area contributed by atoms with Gasteiger partial charge in [-0.1, -0.05) is 48.5 Å². The number of nitrogens with one attached hydrogen (secondary N) is 1. The molecule has 0 radical (unpaired) electrons. The van der Waals surface area contributed by atoms with E-state index in [1.807, 2.05) is 42.5 Å². The van der Waals surface area contributed by atoms with Crippen molar-refractivity contribution in [3.05, 3.63) is 71.8 Å². The molecule has 0 bridgehead atoms. The number of nitriles is 1. The highest BCUT2D eigenvalue weighted by molar-refractivity contribution is 5.86. The second-order valence-corrected chi connectivity index (χ2v) is 4.52. The van der Waals surface area contributed by atoms with Gasteiger partial charge < -0.3 is 5.32 Å². The summed E-state index contributed by atoms with van der Waals surface area (Å²) in [6.07, 6.45) is 0.